The Kier molecular flexibility index (Phi) is 9.26. The highest BCUT2D eigenvalue weighted by Crippen LogP contribution is 2.36. The number of aliphatic hydroxyl groups is 1. The van der Waals surface area contributed by atoms with Crippen LogP contribution in [0.3, 0.4) is 0 Å². The van der Waals surface area contributed by atoms with Crippen LogP contribution in [0.4, 0.5) is 0 Å². The molecule has 2 atom stereocenters. The topological polar surface area (TPSA) is 41.5 Å². The third-order valence-corrected chi connectivity index (χ3v) is 11.6. The van der Waals surface area contributed by atoms with E-state index in [0.717, 1.165) is 25.0 Å². The summed E-state index contributed by atoms with van der Waals surface area (Å²) in [6, 6.07) is 29.4. The molecule has 34 heavy (non-hydrogen) atoms. The van der Waals surface area contributed by atoms with Crippen LogP contribution in [0, 0.1) is 0 Å². The Hall–Kier alpha value is -2.24. The summed E-state index contributed by atoms with van der Waals surface area (Å²) in [5, 5.41) is 14.1. The molecule has 0 unspecified atom stereocenters. The molecule has 0 fully saturated rings. The number of hydrogen-bond donors (Lipinski definition) is 2. The van der Waals surface area contributed by atoms with Gasteiger partial charge in [0, 0.05) is 6.61 Å². The van der Waals surface area contributed by atoms with Crippen LogP contribution >= 0.6 is 0 Å². The Labute approximate surface area is 207 Å². The third-order valence-electron chi connectivity index (χ3n) is 7.08. The summed E-state index contributed by atoms with van der Waals surface area (Å²) >= 11 is 0. The Morgan fingerprint density at radius 2 is 1.32 bits per heavy atom. The molecule has 0 heterocycles. The van der Waals surface area contributed by atoms with Crippen LogP contribution in [0.2, 0.25) is 18.1 Å². The van der Waals surface area contributed by atoms with Gasteiger partial charge in [0.25, 0.3) is 0 Å². The summed E-state index contributed by atoms with van der Waals surface area (Å²) in [4.78, 5) is 0. The van der Waals surface area contributed by atoms with Crippen LogP contribution in [-0.4, -0.2) is 26.6 Å². The van der Waals surface area contributed by atoms with Crippen molar-refractivity contribution in [3.8, 4) is 0 Å². The summed E-state index contributed by atoms with van der Waals surface area (Å²) in [5.74, 6) is 0. The molecule has 0 amide bonds. The summed E-state index contributed by atoms with van der Waals surface area (Å²) in [6.07, 6.45) is 2.05. The maximum absolute atomic E-state index is 10.1. The zero-order valence-electron chi connectivity index (χ0n) is 21.4. The average molecular weight is 476 g/mol. The molecule has 3 aromatic rings. The number of hydrogen-bond acceptors (Lipinski definition) is 3. The largest absolute Gasteiger partial charge is 0.417 e. The van der Waals surface area contributed by atoms with Crippen molar-refractivity contribution in [2.24, 2.45) is 0 Å². The predicted molar refractivity (Wildman–Crippen MR) is 146 cm³/mol. The van der Waals surface area contributed by atoms with E-state index < -0.39 is 8.32 Å². The Bertz CT molecular complexity index is 982. The van der Waals surface area contributed by atoms with Crippen LogP contribution in [0.15, 0.2) is 84.9 Å². The number of benzene rings is 3. The lowest BCUT2D eigenvalue weighted by atomic mass is 9.95. The molecule has 182 valence electrons. The first-order valence-corrected chi connectivity index (χ1v) is 15.3. The zero-order valence-corrected chi connectivity index (χ0v) is 22.4. The Balaban J connectivity index is 1.69. The van der Waals surface area contributed by atoms with Crippen LogP contribution in [0.1, 0.15) is 61.5 Å². The molecule has 0 aromatic heterocycles. The maximum atomic E-state index is 10.1. The van der Waals surface area contributed by atoms with Crippen LogP contribution in [-0.2, 0) is 10.8 Å². The fourth-order valence-corrected chi connectivity index (χ4v) is 4.96. The monoisotopic (exact) mass is 475 g/mol. The van der Waals surface area contributed by atoms with Crippen molar-refractivity contribution in [2.75, 3.05) is 13.2 Å². The molecule has 3 aromatic carbocycles. The highest BCUT2D eigenvalue weighted by atomic mass is 28.4. The second-order valence-corrected chi connectivity index (χ2v) is 15.4. The van der Waals surface area contributed by atoms with Gasteiger partial charge in [0.1, 0.15) is 0 Å². The molecule has 0 saturated heterocycles. The molecule has 0 spiro atoms. The Morgan fingerprint density at radius 3 is 1.85 bits per heavy atom. The normalized spacial score (nSPS) is 14.1. The van der Waals surface area contributed by atoms with Gasteiger partial charge in [-0.1, -0.05) is 106 Å². The SMILES string of the molecule is CC(C)(C)[Si](C)(C)OCCCc1ccc([C@@H](N[C@H](CO)c2ccccc2)c2ccccc2)cc1. The van der Waals surface area contributed by atoms with Crippen molar-refractivity contribution >= 4 is 8.32 Å². The van der Waals surface area contributed by atoms with Gasteiger partial charge in [0.05, 0.1) is 18.7 Å². The second-order valence-electron chi connectivity index (χ2n) is 10.6. The summed E-state index contributed by atoms with van der Waals surface area (Å²) in [6.45, 7) is 12.3. The molecule has 3 nitrogen and oxygen atoms in total. The summed E-state index contributed by atoms with van der Waals surface area (Å²) in [5.41, 5.74) is 4.80. The van der Waals surface area contributed by atoms with Gasteiger partial charge in [0.15, 0.2) is 8.32 Å². The van der Waals surface area contributed by atoms with E-state index in [0.29, 0.717) is 0 Å². The van der Waals surface area contributed by atoms with Crippen molar-refractivity contribution in [3.63, 3.8) is 0 Å². The van der Waals surface area contributed by atoms with Gasteiger partial charge in [-0.3, -0.25) is 5.32 Å². The van der Waals surface area contributed by atoms with Crippen molar-refractivity contribution in [1.29, 1.82) is 0 Å². The van der Waals surface area contributed by atoms with E-state index in [1.807, 2.05) is 24.3 Å². The molecule has 0 radical (unpaired) electrons. The standard InChI is InChI=1S/C30H41NO2Si/c1-30(2,3)34(4,5)33-22-12-13-24-18-20-27(21-19-24)29(26-16-10-7-11-17-26)31-28(23-32)25-14-8-6-9-15-25/h6-11,14-21,28-29,31-32H,12-13,22-23H2,1-5H3/t28-,29+/m1/s1. The van der Waals surface area contributed by atoms with Crippen molar-refractivity contribution < 1.29 is 9.53 Å². The van der Waals surface area contributed by atoms with E-state index in [-0.39, 0.29) is 23.7 Å². The van der Waals surface area contributed by atoms with E-state index in [1.165, 1.54) is 16.7 Å². The third kappa shape index (κ3) is 7.13. The van der Waals surface area contributed by atoms with Crippen molar-refractivity contribution in [2.45, 2.75) is 63.8 Å². The second kappa shape index (κ2) is 11.9. The van der Waals surface area contributed by atoms with Gasteiger partial charge in [0.2, 0.25) is 0 Å². The van der Waals surface area contributed by atoms with Gasteiger partial charge in [-0.05, 0) is 53.2 Å². The predicted octanol–water partition coefficient (Wildman–Crippen LogP) is 7.05. The molecule has 0 aliphatic carbocycles. The van der Waals surface area contributed by atoms with Gasteiger partial charge >= 0.3 is 0 Å². The lowest BCUT2D eigenvalue weighted by Gasteiger charge is -2.36. The highest BCUT2D eigenvalue weighted by molar-refractivity contribution is 6.74. The fourth-order valence-electron chi connectivity index (χ4n) is 3.87. The molecular formula is C30H41NO2Si. The lowest BCUT2D eigenvalue weighted by molar-refractivity contribution is 0.238. The molecule has 0 saturated carbocycles. The van der Waals surface area contributed by atoms with Crippen LogP contribution in [0.25, 0.3) is 0 Å². The number of rotatable bonds is 11. The zero-order chi connectivity index (χ0) is 24.6. The van der Waals surface area contributed by atoms with Gasteiger partial charge in [-0.2, -0.15) is 0 Å². The minimum atomic E-state index is -1.68. The van der Waals surface area contributed by atoms with Gasteiger partial charge in [-0.25, -0.2) is 0 Å². The average Bonchev–Trinajstić information content (AvgIpc) is 2.83. The summed E-state index contributed by atoms with van der Waals surface area (Å²) in [7, 11) is -1.68. The van der Waals surface area contributed by atoms with E-state index in [4.69, 9.17) is 4.43 Å². The first-order chi connectivity index (χ1) is 16.2. The van der Waals surface area contributed by atoms with Gasteiger partial charge in [-0.15, -0.1) is 0 Å². The molecule has 2 N–H and O–H groups in total. The fraction of sp³-hybridized carbons (Fsp3) is 0.400. The number of nitrogens with one attached hydrogen (secondary N) is 1. The molecule has 3 rings (SSSR count). The quantitative estimate of drug-likeness (QED) is 0.230. The van der Waals surface area contributed by atoms with E-state index >= 15 is 0 Å². The molecule has 0 bridgehead atoms. The minimum absolute atomic E-state index is 0.00507. The lowest BCUT2D eigenvalue weighted by Crippen LogP contribution is -2.41. The van der Waals surface area contributed by atoms with Gasteiger partial charge < -0.3 is 9.53 Å². The van der Waals surface area contributed by atoms with Crippen LogP contribution in [0.5, 0.6) is 0 Å². The first kappa shape index (κ1) is 26.4. The van der Waals surface area contributed by atoms with E-state index in [9.17, 15) is 5.11 Å². The molecular weight excluding hydrogens is 434 g/mol. The highest BCUT2D eigenvalue weighted by Gasteiger charge is 2.36. The number of aliphatic hydroxyl groups excluding tert-OH is 1. The minimum Gasteiger partial charge on any atom is -0.417 e. The molecule has 0 aliphatic rings. The molecule has 4 heteroatoms. The van der Waals surface area contributed by atoms with E-state index in [2.05, 4.69) is 99.8 Å². The summed E-state index contributed by atoms with van der Waals surface area (Å²) < 4.78 is 6.34. The van der Waals surface area contributed by atoms with Crippen molar-refractivity contribution in [1.82, 2.24) is 5.32 Å². The smallest absolute Gasteiger partial charge is 0.191 e. The first-order valence-electron chi connectivity index (χ1n) is 12.4. The van der Waals surface area contributed by atoms with Crippen molar-refractivity contribution in [3.05, 3.63) is 107 Å². The maximum Gasteiger partial charge on any atom is 0.191 e. The van der Waals surface area contributed by atoms with Crippen LogP contribution < -0.4 is 5.32 Å². The van der Waals surface area contributed by atoms with E-state index in [1.54, 1.807) is 0 Å². The Morgan fingerprint density at radius 1 is 0.794 bits per heavy atom. The number of aryl methyl sites for hydroxylation is 1. The molecule has 0 aliphatic heterocycles.